The van der Waals surface area contributed by atoms with Gasteiger partial charge in [0.25, 0.3) is 0 Å². The van der Waals surface area contributed by atoms with E-state index in [0.29, 0.717) is 5.54 Å². The molecular weight excluding hydrogens is 134 g/mol. The van der Waals surface area contributed by atoms with E-state index in [1.807, 2.05) is 0 Å². The van der Waals surface area contributed by atoms with Gasteiger partial charge in [0.2, 0.25) is 0 Å². The van der Waals surface area contributed by atoms with E-state index in [0.717, 1.165) is 5.92 Å². The minimum atomic E-state index is 0.524. The number of likely N-dealkylation sites (tertiary alicyclic amines) is 1. The molecule has 1 heterocycles. The van der Waals surface area contributed by atoms with Gasteiger partial charge in [0.15, 0.2) is 0 Å². The maximum atomic E-state index is 2.62. The number of hydrogen-bond acceptors (Lipinski definition) is 1. The zero-order chi connectivity index (χ0) is 8.48. The molecule has 1 saturated heterocycles. The highest BCUT2D eigenvalue weighted by Gasteiger charge is 2.41. The second-order valence-corrected chi connectivity index (χ2v) is 4.25. The largest absolute Gasteiger partial charge is 0.298 e. The van der Waals surface area contributed by atoms with Crippen LogP contribution in [0.5, 0.6) is 0 Å². The summed E-state index contributed by atoms with van der Waals surface area (Å²) in [5.74, 6) is 0.808. The molecule has 0 bridgehead atoms. The molecule has 11 heavy (non-hydrogen) atoms. The van der Waals surface area contributed by atoms with Gasteiger partial charge >= 0.3 is 0 Å². The highest BCUT2D eigenvalue weighted by molar-refractivity contribution is 4.97. The highest BCUT2D eigenvalue weighted by Crippen LogP contribution is 2.36. The first kappa shape index (κ1) is 9.05. The van der Waals surface area contributed by atoms with Gasteiger partial charge in [-0.3, -0.25) is 4.90 Å². The van der Waals surface area contributed by atoms with Crippen LogP contribution in [0.4, 0.5) is 0 Å². The van der Waals surface area contributed by atoms with Crippen LogP contribution in [0.15, 0.2) is 0 Å². The zero-order valence-corrected chi connectivity index (χ0v) is 8.35. The molecular formula is C10H21N. The number of rotatable bonds is 3. The molecule has 0 aromatic heterocycles. The molecule has 0 saturated carbocycles. The van der Waals surface area contributed by atoms with Gasteiger partial charge < -0.3 is 0 Å². The van der Waals surface area contributed by atoms with Gasteiger partial charge in [0.1, 0.15) is 0 Å². The van der Waals surface area contributed by atoms with Crippen LogP contribution in [-0.2, 0) is 0 Å². The summed E-state index contributed by atoms with van der Waals surface area (Å²) in [6, 6.07) is 0. The third kappa shape index (κ3) is 1.44. The lowest BCUT2D eigenvalue weighted by molar-refractivity contribution is -0.0347. The average molecular weight is 155 g/mol. The molecule has 0 N–H and O–H groups in total. The summed E-state index contributed by atoms with van der Waals surface area (Å²) in [7, 11) is 0. The molecule has 0 aromatic carbocycles. The fourth-order valence-corrected chi connectivity index (χ4v) is 1.91. The van der Waals surface area contributed by atoms with Crippen molar-refractivity contribution in [1.82, 2.24) is 4.90 Å². The van der Waals surface area contributed by atoms with E-state index < -0.39 is 0 Å². The molecule has 0 aliphatic carbocycles. The van der Waals surface area contributed by atoms with Crippen LogP contribution in [0.2, 0.25) is 0 Å². The van der Waals surface area contributed by atoms with Crippen LogP contribution in [0.3, 0.4) is 0 Å². The smallest absolute Gasteiger partial charge is 0.0216 e. The molecule has 66 valence electrons. The molecule has 0 aromatic rings. The quantitative estimate of drug-likeness (QED) is 0.605. The summed E-state index contributed by atoms with van der Waals surface area (Å²) in [5, 5.41) is 0. The van der Waals surface area contributed by atoms with Gasteiger partial charge in [-0.1, -0.05) is 20.8 Å². The molecule has 0 amide bonds. The third-order valence-corrected chi connectivity index (χ3v) is 3.35. The van der Waals surface area contributed by atoms with Crippen molar-refractivity contribution in [2.75, 3.05) is 13.1 Å². The van der Waals surface area contributed by atoms with E-state index in [1.54, 1.807) is 0 Å². The molecule has 1 unspecified atom stereocenters. The highest BCUT2D eigenvalue weighted by atomic mass is 15.3. The lowest BCUT2D eigenvalue weighted by atomic mass is 9.77. The number of hydrogen-bond donors (Lipinski definition) is 0. The Bertz CT molecular complexity index is 131. The van der Waals surface area contributed by atoms with Gasteiger partial charge in [-0.2, -0.15) is 0 Å². The van der Waals surface area contributed by atoms with Gasteiger partial charge in [0.05, 0.1) is 0 Å². The monoisotopic (exact) mass is 155 g/mol. The van der Waals surface area contributed by atoms with Crippen molar-refractivity contribution in [2.24, 2.45) is 5.92 Å². The molecule has 0 spiro atoms. The zero-order valence-electron chi connectivity index (χ0n) is 8.35. The van der Waals surface area contributed by atoms with E-state index in [9.17, 15) is 0 Å². The van der Waals surface area contributed by atoms with Crippen LogP contribution < -0.4 is 0 Å². The summed E-state index contributed by atoms with van der Waals surface area (Å²) in [6.07, 6.45) is 2.69. The van der Waals surface area contributed by atoms with E-state index in [2.05, 4.69) is 32.6 Å². The van der Waals surface area contributed by atoms with E-state index in [1.165, 1.54) is 25.9 Å². The van der Waals surface area contributed by atoms with Gasteiger partial charge in [0, 0.05) is 12.1 Å². The standard InChI is InChI=1S/C10H21N/c1-5-7-11-8-6-10(11,4)9(2)3/h9H,5-8H2,1-4H3. The average Bonchev–Trinajstić information content (AvgIpc) is 1.96. The summed E-state index contributed by atoms with van der Waals surface area (Å²) < 4.78 is 0. The second kappa shape index (κ2) is 3.14. The van der Waals surface area contributed by atoms with Gasteiger partial charge in [-0.05, 0) is 32.2 Å². The van der Waals surface area contributed by atoms with E-state index >= 15 is 0 Å². The first-order valence-corrected chi connectivity index (χ1v) is 4.86. The molecule has 1 aliphatic rings. The molecule has 0 radical (unpaired) electrons. The Hall–Kier alpha value is -0.0400. The van der Waals surface area contributed by atoms with Crippen molar-refractivity contribution in [2.45, 2.75) is 46.1 Å². The Balaban J connectivity index is 2.45. The van der Waals surface area contributed by atoms with Crippen LogP contribution >= 0.6 is 0 Å². The Morgan fingerprint density at radius 3 is 2.36 bits per heavy atom. The van der Waals surface area contributed by atoms with Crippen LogP contribution in [-0.4, -0.2) is 23.5 Å². The maximum Gasteiger partial charge on any atom is 0.0216 e. The summed E-state index contributed by atoms with van der Waals surface area (Å²) in [5.41, 5.74) is 0.524. The normalized spacial score (nSPS) is 32.5. The SMILES string of the molecule is CCCN1CCC1(C)C(C)C. The minimum absolute atomic E-state index is 0.524. The Kier molecular flexibility index (Phi) is 2.58. The molecule has 1 nitrogen and oxygen atoms in total. The van der Waals surface area contributed by atoms with Crippen molar-refractivity contribution in [3.8, 4) is 0 Å². The molecule has 1 aliphatic heterocycles. The van der Waals surface area contributed by atoms with Crippen molar-refractivity contribution in [1.29, 1.82) is 0 Å². The lowest BCUT2D eigenvalue weighted by Crippen LogP contribution is -2.60. The van der Waals surface area contributed by atoms with Crippen molar-refractivity contribution in [3.05, 3.63) is 0 Å². The van der Waals surface area contributed by atoms with Crippen LogP contribution in [0, 0.1) is 5.92 Å². The molecule has 1 heteroatoms. The topological polar surface area (TPSA) is 3.24 Å². The van der Waals surface area contributed by atoms with Crippen LogP contribution in [0.1, 0.15) is 40.5 Å². The molecule has 1 atom stereocenters. The summed E-state index contributed by atoms with van der Waals surface area (Å²) in [6.45, 7) is 11.9. The van der Waals surface area contributed by atoms with Crippen LogP contribution in [0.25, 0.3) is 0 Å². The fraction of sp³-hybridized carbons (Fsp3) is 1.00. The Morgan fingerprint density at radius 1 is 1.45 bits per heavy atom. The predicted molar refractivity (Wildman–Crippen MR) is 49.7 cm³/mol. The first-order valence-electron chi connectivity index (χ1n) is 4.86. The Morgan fingerprint density at radius 2 is 2.09 bits per heavy atom. The van der Waals surface area contributed by atoms with Crippen molar-refractivity contribution in [3.63, 3.8) is 0 Å². The molecule has 1 fully saturated rings. The van der Waals surface area contributed by atoms with Crippen molar-refractivity contribution < 1.29 is 0 Å². The van der Waals surface area contributed by atoms with Gasteiger partial charge in [-0.15, -0.1) is 0 Å². The van der Waals surface area contributed by atoms with Gasteiger partial charge in [-0.25, -0.2) is 0 Å². The fourth-order valence-electron chi connectivity index (χ4n) is 1.91. The number of nitrogens with zero attached hydrogens (tertiary/aromatic N) is 1. The Labute approximate surface area is 70.8 Å². The summed E-state index contributed by atoms with van der Waals surface area (Å²) >= 11 is 0. The second-order valence-electron chi connectivity index (χ2n) is 4.25. The van der Waals surface area contributed by atoms with Crippen molar-refractivity contribution >= 4 is 0 Å². The third-order valence-electron chi connectivity index (χ3n) is 3.35. The lowest BCUT2D eigenvalue weighted by Gasteiger charge is -2.53. The predicted octanol–water partition coefficient (Wildman–Crippen LogP) is 2.52. The molecule has 1 rings (SSSR count). The van der Waals surface area contributed by atoms with E-state index in [-0.39, 0.29) is 0 Å². The first-order chi connectivity index (χ1) is 5.11. The maximum absolute atomic E-state index is 2.62. The van der Waals surface area contributed by atoms with E-state index in [4.69, 9.17) is 0 Å². The summed E-state index contributed by atoms with van der Waals surface area (Å²) in [4.78, 5) is 2.62. The minimum Gasteiger partial charge on any atom is -0.298 e.